The molecule has 0 heterocycles. The molecule has 7 nitrogen and oxygen atoms in total. The van der Waals surface area contributed by atoms with Gasteiger partial charge in [0.1, 0.15) is 0 Å². The minimum Gasteiger partial charge on any atom is -0.548 e. The van der Waals surface area contributed by atoms with Crippen LogP contribution in [0.1, 0.15) is 20.3 Å². The van der Waals surface area contributed by atoms with Crippen LogP contribution in [-0.2, 0) is 19.6 Å². The molecule has 1 aromatic carbocycles. The third-order valence-corrected chi connectivity index (χ3v) is 3.96. The fourth-order valence-electron chi connectivity index (χ4n) is 1.47. The maximum Gasteiger partial charge on any atom is 0.241 e. The van der Waals surface area contributed by atoms with E-state index in [0.717, 1.165) is 0 Å². The van der Waals surface area contributed by atoms with Crippen molar-refractivity contribution < 1.29 is 23.1 Å². The van der Waals surface area contributed by atoms with Crippen LogP contribution >= 0.6 is 0 Å². The summed E-state index contributed by atoms with van der Waals surface area (Å²) in [5.74, 6) is -1.76. The van der Waals surface area contributed by atoms with Gasteiger partial charge in [-0.15, -0.1) is 0 Å². The van der Waals surface area contributed by atoms with Gasteiger partial charge in [0.25, 0.3) is 0 Å². The number of carbonyl (C=O) groups is 2. The quantitative estimate of drug-likeness (QED) is 0.731. The van der Waals surface area contributed by atoms with Crippen molar-refractivity contribution >= 4 is 27.6 Å². The van der Waals surface area contributed by atoms with E-state index < -0.39 is 22.0 Å². The summed E-state index contributed by atoms with van der Waals surface area (Å²) < 4.78 is 25.9. The molecule has 2 N–H and O–H groups in total. The van der Waals surface area contributed by atoms with E-state index in [-0.39, 0.29) is 17.2 Å². The highest BCUT2D eigenvalue weighted by molar-refractivity contribution is 7.89. The molecular formula is C12H15N2O5S-. The standard InChI is InChI=1S/C12H16N2O5S/c1-3-11(12(16)17)14-20(18,19)10-6-4-9(5-7-10)13-8(2)15/h4-7,11,14H,3H2,1-2H3,(H,13,15)(H,16,17)/p-1/t11-/m1/s1. The fraction of sp³-hybridized carbons (Fsp3) is 0.333. The van der Waals surface area contributed by atoms with Crippen LogP contribution in [0.25, 0.3) is 0 Å². The van der Waals surface area contributed by atoms with Gasteiger partial charge in [-0.3, -0.25) is 4.79 Å². The number of hydrogen-bond donors (Lipinski definition) is 2. The molecule has 1 atom stereocenters. The molecule has 0 bridgehead atoms. The van der Waals surface area contributed by atoms with Gasteiger partial charge >= 0.3 is 0 Å². The number of benzene rings is 1. The first-order valence-corrected chi connectivity index (χ1v) is 7.35. The van der Waals surface area contributed by atoms with Crippen LogP contribution in [0.15, 0.2) is 29.2 Å². The predicted octanol–water partition coefficient (Wildman–Crippen LogP) is -0.548. The van der Waals surface area contributed by atoms with Gasteiger partial charge in [0.2, 0.25) is 15.9 Å². The van der Waals surface area contributed by atoms with E-state index in [0.29, 0.717) is 5.69 Å². The second-order valence-electron chi connectivity index (χ2n) is 4.11. The zero-order chi connectivity index (χ0) is 15.3. The lowest BCUT2D eigenvalue weighted by atomic mass is 10.2. The minimum absolute atomic E-state index is 0.0749. The Bertz CT molecular complexity index is 595. The summed E-state index contributed by atoms with van der Waals surface area (Å²) in [6, 6.07) is 4.09. The molecule has 0 aliphatic heterocycles. The van der Waals surface area contributed by atoms with Crippen molar-refractivity contribution in [3.8, 4) is 0 Å². The van der Waals surface area contributed by atoms with Crippen LogP contribution in [0.4, 0.5) is 5.69 Å². The molecule has 0 unspecified atom stereocenters. The maximum atomic E-state index is 11.9. The zero-order valence-electron chi connectivity index (χ0n) is 11.0. The van der Waals surface area contributed by atoms with Crippen molar-refractivity contribution in [2.45, 2.75) is 31.2 Å². The minimum atomic E-state index is -3.95. The third kappa shape index (κ3) is 4.32. The molecule has 1 amide bonds. The number of aliphatic carboxylic acids is 1. The number of rotatable bonds is 6. The van der Waals surface area contributed by atoms with Gasteiger partial charge in [-0.25, -0.2) is 13.1 Å². The van der Waals surface area contributed by atoms with Gasteiger partial charge in [0, 0.05) is 12.6 Å². The van der Waals surface area contributed by atoms with Gasteiger partial charge in [0.15, 0.2) is 0 Å². The molecule has 110 valence electrons. The highest BCUT2D eigenvalue weighted by atomic mass is 32.2. The Morgan fingerprint density at radius 2 is 1.80 bits per heavy atom. The first kappa shape index (κ1) is 16.1. The summed E-state index contributed by atoms with van der Waals surface area (Å²) in [4.78, 5) is 21.5. The highest BCUT2D eigenvalue weighted by Gasteiger charge is 2.19. The number of carboxylic acid groups (broad SMARTS) is 1. The Hall–Kier alpha value is -1.93. The summed E-state index contributed by atoms with van der Waals surface area (Å²) >= 11 is 0. The van der Waals surface area contributed by atoms with Crippen LogP contribution in [0, 0.1) is 0 Å². The van der Waals surface area contributed by atoms with E-state index in [2.05, 4.69) is 5.32 Å². The predicted molar refractivity (Wildman–Crippen MR) is 70.2 cm³/mol. The van der Waals surface area contributed by atoms with E-state index in [4.69, 9.17) is 0 Å². The molecule has 0 saturated carbocycles. The molecule has 0 radical (unpaired) electrons. The number of anilines is 1. The van der Waals surface area contributed by atoms with Crippen molar-refractivity contribution in [2.24, 2.45) is 0 Å². The van der Waals surface area contributed by atoms with Crippen LogP contribution in [-0.4, -0.2) is 26.3 Å². The van der Waals surface area contributed by atoms with Crippen molar-refractivity contribution in [1.82, 2.24) is 4.72 Å². The molecule has 1 aromatic rings. The Morgan fingerprint density at radius 3 is 2.20 bits per heavy atom. The summed E-state index contributed by atoms with van der Waals surface area (Å²) in [6.45, 7) is 2.86. The van der Waals surface area contributed by atoms with Crippen molar-refractivity contribution in [3.05, 3.63) is 24.3 Å². The van der Waals surface area contributed by atoms with Crippen LogP contribution in [0.3, 0.4) is 0 Å². The molecule has 0 spiro atoms. The molecule has 0 saturated heterocycles. The molecule has 20 heavy (non-hydrogen) atoms. The molecule has 0 fully saturated rings. The van der Waals surface area contributed by atoms with Gasteiger partial charge in [-0.1, -0.05) is 6.92 Å². The SMILES string of the molecule is CC[C@@H](NS(=O)(=O)c1ccc(NC(C)=O)cc1)C(=O)[O-]. The molecule has 1 rings (SSSR count). The Kier molecular flexibility index (Phi) is 5.23. The summed E-state index contributed by atoms with van der Waals surface area (Å²) in [6.07, 6.45) is 0.0749. The van der Waals surface area contributed by atoms with Gasteiger partial charge in [-0.2, -0.15) is 0 Å². The lowest BCUT2D eigenvalue weighted by molar-refractivity contribution is -0.308. The molecule has 0 aliphatic rings. The van der Waals surface area contributed by atoms with E-state index in [1.165, 1.54) is 38.1 Å². The number of nitrogens with one attached hydrogen (secondary N) is 2. The van der Waals surface area contributed by atoms with Crippen molar-refractivity contribution in [1.29, 1.82) is 0 Å². The molecule has 0 aliphatic carbocycles. The second kappa shape index (κ2) is 6.49. The van der Waals surface area contributed by atoms with Crippen LogP contribution < -0.4 is 15.1 Å². The second-order valence-corrected chi connectivity index (χ2v) is 5.82. The summed E-state index contributed by atoms with van der Waals surface area (Å²) in [7, 11) is -3.95. The third-order valence-electron chi connectivity index (χ3n) is 2.48. The van der Waals surface area contributed by atoms with E-state index in [9.17, 15) is 23.1 Å². The maximum absolute atomic E-state index is 11.9. The van der Waals surface area contributed by atoms with Crippen LogP contribution in [0.5, 0.6) is 0 Å². The highest BCUT2D eigenvalue weighted by Crippen LogP contribution is 2.14. The van der Waals surface area contributed by atoms with Gasteiger partial charge < -0.3 is 15.2 Å². The van der Waals surface area contributed by atoms with Crippen LogP contribution in [0.2, 0.25) is 0 Å². The van der Waals surface area contributed by atoms with Gasteiger partial charge in [-0.05, 0) is 30.7 Å². The summed E-state index contributed by atoms with van der Waals surface area (Å²) in [5, 5.41) is 13.2. The lowest BCUT2D eigenvalue weighted by Gasteiger charge is -2.17. The number of amides is 1. The largest absolute Gasteiger partial charge is 0.548 e. The lowest BCUT2D eigenvalue weighted by Crippen LogP contribution is -2.47. The fourth-order valence-corrected chi connectivity index (χ4v) is 2.74. The topological polar surface area (TPSA) is 115 Å². The van der Waals surface area contributed by atoms with Crippen molar-refractivity contribution in [3.63, 3.8) is 0 Å². The Morgan fingerprint density at radius 1 is 1.25 bits per heavy atom. The van der Waals surface area contributed by atoms with Gasteiger partial charge in [0.05, 0.1) is 16.9 Å². The van der Waals surface area contributed by atoms with E-state index in [1.54, 1.807) is 0 Å². The Labute approximate surface area is 117 Å². The normalized spacial score (nSPS) is 12.7. The molecular weight excluding hydrogens is 284 g/mol. The number of carboxylic acids is 1. The number of carbonyl (C=O) groups excluding carboxylic acids is 2. The molecule has 0 aromatic heterocycles. The van der Waals surface area contributed by atoms with E-state index in [1.807, 2.05) is 4.72 Å². The zero-order valence-corrected chi connectivity index (χ0v) is 11.9. The summed E-state index contributed by atoms with van der Waals surface area (Å²) in [5.41, 5.74) is 0.448. The molecule has 8 heteroatoms. The van der Waals surface area contributed by atoms with Crippen molar-refractivity contribution in [2.75, 3.05) is 5.32 Å². The number of hydrogen-bond acceptors (Lipinski definition) is 5. The van der Waals surface area contributed by atoms with E-state index >= 15 is 0 Å². The average molecular weight is 299 g/mol. The monoisotopic (exact) mass is 299 g/mol. The number of sulfonamides is 1. The first-order chi connectivity index (χ1) is 9.26. The smallest absolute Gasteiger partial charge is 0.241 e. The average Bonchev–Trinajstić information content (AvgIpc) is 2.35. The Balaban J connectivity index is 2.92. The first-order valence-electron chi connectivity index (χ1n) is 5.87.